The molecule has 20 heavy (non-hydrogen) atoms. The standard InChI is InChI=1S/C16H19N3S/c1-2-4-15-13(3-1)9-18-14(12-5-6-12)10-19(15)11-16-17-7-8-20-16/h1-4,7-8,12,14,18H,5-6,9-11H2. The Bertz CT molecular complexity index is 577. The van der Waals surface area contributed by atoms with Crippen LogP contribution in [0.25, 0.3) is 0 Å². The summed E-state index contributed by atoms with van der Waals surface area (Å²) >= 11 is 1.75. The molecule has 2 aromatic rings. The Morgan fingerprint density at radius 2 is 2.20 bits per heavy atom. The molecule has 1 aliphatic carbocycles. The van der Waals surface area contributed by atoms with Crippen molar-refractivity contribution in [3.63, 3.8) is 0 Å². The number of benzene rings is 1. The summed E-state index contributed by atoms with van der Waals surface area (Å²) in [6, 6.07) is 9.40. The normalized spacial score (nSPS) is 22.4. The number of nitrogens with one attached hydrogen (secondary N) is 1. The summed E-state index contributed by atoms with van der Waals surface area (Å²) in [7, 11) is 0. The lowest BCUT2D eigenvalue weighted by Gasteiger charge is -2.27. The number of thiazole rings is 1. The number of hydrogen-bond acceptors (Lipinski definition) is 4. The van der Waals surface area contributed by atoms with E-state index in [0.717, 1.165) is 25.6 Å². The summed E-state index contributed by atoms with van der Waals surface area (Å²) in [6.07, 6.45) is 4.68. The lowest BCUT2D eigenvalue weighted by Crippen LogP contribution is -2.39. The van der Waals surface area contributed by atoms with Crippen molar-refractivity contribution in [2.75, 3.05) is 11.4 Å². The van der Waals surface area contributed by atoms with Crippen LogP contribution in [0.15, 0.2) is 35.8 Å². The smallest absolute Gasteiger partial charge is 0.112 e. The third kappa shape index (κ3) is 2.45. The molecule has 1 atom stereocenters. The molecule has 1 saturated carbocycles. The van der Waals surface area contributed by atoms with E-state index in [0.29, 0.717) is 6.04 Å². The number of aromatic nitrogens is 1. The first-order chi connectivity index (χ1) is 9.90. The van der Waals surface area contributed by atoms with E-state index >= 15 is 0 Å². The van der Waals surface area contributed by atoms with Crippen LogP contribution >= 0.6 is 11.3 Å². The van der Waals surface area contributed by atoms with Crippen LogP contribution < -0.4 is 10.2 Å². The highest BCUT2D eigenvalue weighted by atomic mass is 32.1. The number of nitrogens with zero attached hydrogens (tertiary/aromatic N) is 2. The molecule has 2 heterocycles. The van der Waals surface area contributed by atoms with Gasteiger partial charge in [-0.3, -0.25) is 0 Å². The molecule has 4 rings (SSSR count). The molecule has 0 bridgehead atoms. The lowest BCUT2D eigenvalue weighted by molar-refractivity contribution is 0.467. The van der Waals surface area contributed by atoms with Crippen molar-refractivity contribution in [3.8, 4) is 0 Å². The Morgan fingerprint density at radius 3 is 3.00 bits per heavy atom. The van der Waals surface area contributed by atoms with Crippen LogP contribution in [0.4, 0.5) is 5.69 Å². The third-order valence-corrected chi connectivity index (χ3v) is 5.07. The molecule has 0 spiro atoms. The number of para-hydroxylation sites is 1. The molecule has 0 radical (unpaired) electrons. The van der Waals surface area contributed by atoms with E-state index < -0.39 is 0 Å². The van der Waals surface area contributed by atoms with Gasteiger partial charge in [0.25, 0.3) is 0 Å². The first-order valence-electron chi connectivity index (χ1n) is 7.35. The van der Waals surface area contributed by atoms with E-state index in [1.165, 1.54) is 29.1 Å². The molecular formula is C16H19N3S. The fourth-order valence-corrected chi connectivity index (χ4v) is 3.70. The molecule has 3 nitrogen and oxygen atoms in total. The highest BCUT2D eigenvalue weighted by molar-refractivity contribution is 7.09. The molecule has 1 N–H and O–H groups in total. The van der Waals surface area contributed by atoms with Gasteiger partial charge in [-0.25, -0.2) is 4.98 Å². The van der Waals surface area contributed by atoms with Gasteiger partial charge in [-0.15, -0.1) is 11.3 Å². The summed E-state index contributed by atoms with van der Waals surface area (Å²) < 4.78 is 0. The van der Waals surface area contributed by atoms with Crippen LogP contribution in [0.5, 0.6) is 0 Å². The molecule has 2 aliphatic rings. The molecular weight excluding hydrogens is 266 g/mol. The largest absolute Gasteiger partial charge is 0.363 e. The molecule has 104 valence electrons. The van der Waals surface area contributed by atoms with Crippen molar-refractivity contribution >= 4 is 17.0 Å². The summed E-state index contributed by atoms with van der Waals surface area (Å²) in [5.74, 6) is 0.878. The summed E-state index contributed by atoms with van der Waals surface area (Å²) in [5, 5.41) is 7.02. The van der Waals surface area contributed by atoms with Gasteiger partial charge in [0.15, 0.2) is 0 Å². The maximum absolute atomic E-state index is 4.46. The fraction of sp³-hybridized carbons (Fsp3) is 0.438. The Labute approximate surface area is 123 Å². The quantitative estimate of drug-likeness (QED) is 0.939. The average Bonchev–Trinajstić information content (AvgIpc) is 3.22. The van der Waals surface area contributed by atoms with E-state index in [9.17, 15) is 0 Å². The Balaban J connectivity index is 1.64. The van der Waals surface area contributed by atoms with E-state index in [1.54, 1.807) is 11.3 Å². The number of anilines is 1. The lowest BCUT2D eigenvalue weighted by atomic mass is 10.1. The van der Waals surface area contributed by atoms with Gasteiger partial charge >= 0.3 is 0 Å². The zero-order valence-corrected chi connectivity index (χ0v) is 12.3. The van der Waals surface area contributed by atoms with Crippen LogP contribution in [0.2, 0.25) is 0 Å². The van der Waals surface area contributed by atoms with Crippen LogP contribution in [0, 0.1) is 5.92 Å². The van der Waals surface area contributed by atoms with Crippen LogP contribution in [0.1, 0.15) is 23.4 Å². The van der Waals surface area contributed by atoms with Crippen LogP contribution in [0.3, 0.4) is 0 Å². The summed E-state index contributed by atoms with van der Waals surface area (Å²) in [6.45, 7) is 3.02. The molecule has 1 aromatic heterocycles. The average molecular weight is 285 g/mol. The van der Waals surface area contributed by atoms with E-state index in [4.69, 9.17) is 0 Å². The second-order valence-electron chi connectivity index (χ2n) is 5.76. The topological polar surface area (TPSA) is 28.2 Å². The minimum absolute atomic E-state index is 0.627. The first-order valence-corrected chi connectivity index (χ1v) is 8.23. The molecule has 0 saturated heterocycles. The van der Waals surface area contributed by atoms with Crippen LogP contribution in [-0.2, 0) is 13.1 Å². The molecule has 1 unspecified atom stereocenters. The van der Waals surface area contributed by atoms with E-state index in [1.807, 2.05) is 6.20 Å². The molecule has 0 amide bonds. The monoisotopic (exact) mass is 285 g/mol. The van der Waals surface area contributed by atoms with Gasteiger partial charge in [-0.1, -0.05) is 18.2 Å². The van der Waals surface area contributed by atoms with Gasteiger partial charge in [-0.05, 0) is 30.4 Å². The van der Waals surface area contributed by atoms with Gasteiger partial charge in [-0.2, -0.15) is 0 Å². The minimum atomic E-state index is 0.627. The molecule has 4 heteroatoms. The second-order valence-corrected chi connectivity index (χ2v) is 6.74. The maximum atomic E-state index is 4.46. The van der Waals surface area contributed by atoms with Gasteiger partial charge in [0, 0.05) is 36.4 Å². The number of fused-ring (bicyclic) bond motifs is 1. The number of rotatable bonds is 3. The zero-order valence-electron chi connectivity index (χ0n) is 11.5. The highest BCUT2D eigenvalue weighted by Crippen LogP contribution is 2.36. The Hall–Kier alpha value is -1.39. The van der Waals surface area contributed by atoms with Crippen molar-refractivity contribution in [1.82, 2.24) is 10.3 Å². The zero-order chi connectivity index (χ0) is 13.4. The van der Waals surface area contributed by atoms with Crippen molar-refractivity contribution in [1.29, 1.82) is 0 Å². The van der Waals surface area contributed by atoms with Gasteiger partial charge in [0.1, 0.15) is 5.01 Å². The number of hydrogen-bond donors (Lipinski definition) is 1. The fourth-order valence-electron chi connectivity index (χ4n) is 3.07. The summed E-state index contributed by atoms with van der Waals surface area (Å²) in [4.78, 5) is 6.97. The van der Waals surface area contributed by atoms with Gasteiger partial charge in [0.05, 0.1) is 6.54 Å². The minimum Gasteiger partial charge on any atom is -0.363 e. The van der Waals surface area contributed by atoms with Crippen molar-refractivity contribution in [2.24, 2.45) is 5.92 Å². The summed E-state index contributed by atoms with van der Waals surface area (Å²) in [5.41, 5.74) is 2.78. The molecule has 1 fully saturated rings. The Morgan fingerprint density at radius 1 is 1.30 bits per heavy atom. The van der Waals surface area contributed by atoms with Crippen molar-refractivity contribution < 1.29 is 0 Å². The Kier molecular flexibility index (Phi) is 3.20. The predicted octanol–water partition coefficient (Wildman–Crippen LogP) is 3.03. The molecule has 1 aliphatic heterocycles. The predicted molar refractivity (Wildman–Crippen MR) is 83.0 cm³/mol. The van der Waals surface area contributed by atoms with E-state index in [-0.39, 0.29) is 0 Å². The first kappa shape index (κ1) is 12.4. The van der Waals surface area contributed by atoms with Gasteiger partial charge in [0.2, 0.25) is 0 Å². The molecule has 1 aromatic carbocycles. The second kappa shape index (κ2) is 5.19. The maximum Gasteiger partial charge on any atom is 0.112 e. The van der Waals surface area contributed by atoms with Crippen molar-refractivity contribution in [3.05, 3.63) is 46.4 Å². The van der Waals surface area contributed by atoms with Crippen molar-refractivity contribution in [2.45, 2.75) is 32.0 Å². The van der Waals surface area contributed by atoms with Gasteiger partial charge < -0.3 is 10.2 Å². The highest BCUT2D eigenvalue weighted by Gasteiger charge is 2.34. The SMILES string of the molecule is c1ccc2c(c1)CNC(C1CC1)CN2Cc1nccs1. The third-order valence-electron chi connectivity index (χ3n) is 4.30. The van der Waals surface area contributed by atoms with Crippen LogP contribution in [-0.4, -0.2) is 17.6 Å². The van der Waals surface area contributed by atoms with E-state index in [2.05, 4.69) is 44.8 Å².